The van der Waals surface area contributed by atoms with E-state index in [0.717, 1.165) is 0 Å². The number of halogens is 2. The van der Waals surface area contributed by atoms with E-state index in [1.807, 2.05) is 0 Å². The van der Waals surface area contributed by atoms with Gasteiger partial charge in [-0.05, 0) is 24.1 Å². The van der Waals surface area contributed by atoms with Gasteiger partial charge in [-0.1, -0.05) is 54.1 Å². The van der Waals surface area contributed by atoms with Crippen molar-refractivity contribution in [3.05, 3.63) is 70.5 Å². The minimum atomic E-state index is -1.41. The van der Waals surface area contributed by atoms with Crippen LogP contribution in [0.1, 0.15) is 18.1 Å². The SMILES string of the molecule is CC(=O)C(C#N)(Cc1cccc(Cl)c1F)c1ccccc1. The van der Waals surface area contributed by atoms with Crippen LogP contribution >= 0.6 is 11.6 Å². The van der Waals surface area contributed by atoms with Gasteiger partial charge in [-0.2, -0.15) is 5.26 Å². The Balaban J connectivity index is 2.55. The van der Waals surface area contributed by atoms with Gasteiger partial charge in [0.2, 0.25) is 0 Å². The van der Waals surface area contributed by atoms with E-state index < -0.39 is 11.2 Å². The van der Waals surface area contributed by atoms with Gasteiger partial charge in [0.1, 0.15) is 11.2 Å². The molecule has 21 heavy (non-hydrogen) atoms. The summed E-state index contributed by atoms with van der Waals surface area (Å²) in [7, 11) is 0. The quantitative estimate of drug-likeness (QED) is 0.854. The maximum Gasteiger partial charge on any atom is 0.154 e. The summed E-state index contributed by atoms with van der Waals surface area (Å²) in [6, 6.07) is 15.3. The molecular formula is C17H13ClFNO. The lowest BCUT2D eigenvalue weighted by molar-refractivity contribution is -0.120. The van der Waals surface area contributed by atoms with Crippen molar-refractivity contribution in [1.29, 1.82) is 5.26 Å². The van der Waals surface area contributed by atoms with E-state index >= 15 is 0 Å². The lowest BCUT2D eigenvalue weighted by atomic mass is 9.74. The predicted octanol–water partition coefficient (Wildman–Crippen LogP) is 4.07. The fourth-order valence-corrected chi connectivity index (χ4v) is 2.50. The van der Waals surface area contributed by atoms with Gasteiger partial charge in [0.25, 0.3) is 0 Å². The van der Waals surface area contributed by atoms with E-state index in [2.05, 4.69) is 6.07 Å². The number of ketones is 1. The minimum absolute atomic E-state index is 0.0176. The number of nitrogens with zero attached hydrogens (tertiary/aromatic N) is 1. The Morgan fingerprint density at radius 2 is 1.90 bits per heavy atom. The standard InChI is InChI=1S/C17H13ClFNO/c1-12(21)17(11-20,14-7-3-2-4-8-14)10-13-6-5-9-15(18)16(13)19/h2-9H,10H2,1H3. The summed E-state index contributed by atoms with van der Waals surface area (Å²) in [4.78, 5) is 12.1. The zero-order valence-corrected chi connectivity index (χ0v) is 12.2. The van der Waals surface area contributed by atoms with Crippen LogP contribution in [0.3, 0.4) is 0 Å². The monoisotopic (exact) mass is 301 g/mol. The predicted molar refractivity (Wildman–Crippen MR) is 79.5 cm³/mol. The van der Waals surface area contributed by atoms with Gasteiger partial charge in [-0.3, -0.25) is 4.79 Å². The molecule has 1 unspecified atom stereocenters. The largest absolute Gasteiger partial charge is 0.298 e. The molecule has 0 aliphatic heterocycles. The average molecular weight is 302 g/mol. The highest BCUT2D eigenvalue weighted by molar-refractivity contribution is 6.30. The molecule has 2 nitrogen and oxygen atoms in total. The van der Waals surface area contributed by atoms with Gasteiger partial charge in [-0.15, -0.1) is 0 Å². The summed E-state index contributed by atoms with van der Waals surface area (Å²) in [5.74, 6) is -0.911. The van der Waals surface area contributed by atoms with Crippen LogP contribution in [-0.4, -0.2) is 5.78 Å². The molecule has 2 rings (SSSR count). The number of benzene rings is 2. The fourth-order valence-electron chi connectivity index (χ4n) is 2.31. The van der Waals surface area contributed by atoms with Crippen molar-refractivity contribution >= 4 is 17.4 Å². The summed E-state index contributed by atoms with van der Waals surface area (Å²) in [5.41, 5.74) is -0.602. The van der Waals surface area contributed by atoms with Crippen molar-refractivity contribution in [3.8, 4) is 6.07 Å². The third-order valence-corrected chi connectivity index (χ3v) is 3.84. The highest BCUT2D eigenvalue weighted by Crippen LogP contribution is 2.31. The Bertz CT molecular complexity index is 708. The maximum absolute atomic E-state index is 14.1. The van der Waals surface area contributed by atoms with Gasteiger partial charge in [0.15, 0.2) is 5.78 Å². The molecule has 1 atom stereocenters. The lowest BCUT2D eigenvalue weighted by Crippen LogP contribution is -2.35. The van der Waals surface area contributed by atoms with E-state index in [1.54, 1.807) is 42.5 Å². The number of hydrogen-bond donors (Lipinski definition) is 0. The van der Waals surface area contributed by atoms with E-state index in [4.69, 9.17) is 11.6 Å². The highest BCUT2D eigenvalue weighted by Gasteiger charge is 2.38. The Hall–Kier alpha value is -2.18. The van der Waals surface area contributed by atoms with Crippen molar-refractivity contribution in [2.24, 2.45) is 0 Å². The number of hydrogen-bond acceptors (Lipinski definition) is 2. The van der Waals surface area contributed by atoms with Gasteiger partial charge >= 0.3 is 0 Å². The molecule has 0 spiro atoms. The maximum atomic E-state index is 14.1. The molecule has 0 aliphatic rings. The summed E-state index contributed by atoms with van der Waals surface area (Å²) in [6.45, 7) is 1.35. The molecule has 106 valence electrons. The summed E-state index contributed by atoms with van der Waals surface area (Å²) >= 11 is 5.77. The number of Topliss-reactive ketones (excluding diaryl/α,β-unsaturated/α-hetero) is 1. The van der Waals surface area contributed by atoms with Gasteiger partial charge < -0.3 is 0 Å². The summed E-state index contributed by atoms with van der Waals surface area (Å²) in [6.07, 6.45) is -0.0464. The topological polar surface area (TPSA) is 40.9 Å². The molecule has 0 saturated carbocycles. The van der Waals surface area contributed by atoms with Crippen molar-refractivity contribution in [2.75, 3.05) is 0 Å². The molecule has 0 aromatic heterocycles. The molecule has 0 bridgehead atoms. The van der Waals surface area contributed by atoms with Crippen LogP contribution in [0.15, 0.2) is 48.5 Å². The first-order valence-electron chi connectivity index (χ1n) is 6.42. The Morgan fingerprint density at radius 1 is 1.24 bits per heavy atom. The second-order valence-corrected chi connectivity index (χ2v) is 5.24. The molecule has 0 heterocycles. The second kappa shape index (κ2) is 6.07. The van der Waals surface area contributed by atoms with Crippen LogP contribution in [0, 0.1) is 17.1 Å². The first-order chi connectivity index (χ1) is 10.0. The Labute approximate surface area is 127 Å². The van der Waals surface area contributed by atoms with E-state index in [0.29, 0.717) is 5.56 Å². The zero-order chi connectivity index (χ0) is 15.5. The van der Waals surface area contributed by atoms with E-state index in [1.165, 1.54) is 13.0 Å². The van der Waals surface area contributed by atoms with Crippen LogP contribution in [0.25, 0.3) is 0 Å². The first kappa shape index (κ1) is 15.2. The number of carbonyl (C=O) groups is 1. The Morgan fingerprint density at radius 3 is 2.48 bits per heavy atom. The van der Waals surface area contributed by atoms with Crippen molar-refractivity contribution in [1.82, 2.24) is 0 Å². The lowest BCUT2D eigenvalue weighted by Gasteiger charge is -2.24. The first-order valence-corrected chi connectivity index (χ1v) is 6.80. The molecular weight excluding hydrogens is 289 g/mol. The van der Waals surface area contributed by atoms with Crippen LogP contribution in [-0.2, 0) is 16.6 Å². The fraction of sp³-hybridized carbons (Fsp3) is 0.176. The number of rotatable bonds is 4. The van der Waals surface area contributed by atoms with E-state index in [9.17, 15) is 14.4 Å². The van der Waals surface area contributed by atoms with Crippen LogP contribution in [0.2, 0.25) is 5.02 Å². The molecule has 0 N–H and O–H groups in total. The summed E-state index contributed by atoms with van der Waals surface area (Å²) < 4.78 is 14.1. The summed E-state index contributed by atoms with van der Waals surface area (Å²) in [5, 5.41) is 9.58. The van der Waals surface area contributed by atoms with Crippen molar-refractivity contribution < 1.29 is 9.18 Å². The van der Waals surface area contributed by atoms with Crippen LogP contribution < -0.4 is 0 Å². The molecule has 0 fully saturated rings. The molecule has 0 saturated heterocycles. The highest BCUT2D eigenvalue weighted by atomic mass is 35.5. The van der Waals surface area contributed by atoms with Gasteiger partial charge in [0, 0.05) is 6.42 Å². The van der Waals surface area contributed by atoms with Crippen molar-refractivity contribution in [3.63, 3.8) is 0 Å². The van der Waals surface area contributed by atoms with Crippen molar-refractivity contribution in [2.45, 2.75) is 18.8 Å². The molecule has 0 amide bonds. The third kappa shape index (κ3) is 2.81. The number of carbonyl (C=O) groups excluding carboxylic acids is 1. The molecule has 0 aliphatic carbocycles. The zero-order valence-electron chi connectivity index (χ0n) is 11.4. The van der Waals surface area contributed by atoms with E-state index in [-0.39, 0.29) is 22.8 Å². The number of nitriles is 1. The second-order valence-electron chi connectivity index (χ2n) is 4.83. The minimum Gasteiger partial charge on any atom is -0.298 e. The molecule has 2 aromatic carbocycles. The Kier molecular flexibility index (Phi) is 4.40. The smallest absolute Gasteiger partial charge is 0.154 e. The van der Waals surface area contributed by atoms with Gasteiger partial charge in [0.05, 0.1) is 11.1 Å². The van der Waals surface area contributed by atoms with Crippen LogP contribution in [0.5, 0.6) is 0 Å². The molecule has 0 radical (unpaired) electrons. The average Bonchev–Trinajstić information content (AvgIpc) is 2.49. The third-order valence-electron chi connectivity index (χ3n) is 3.55. The van der Waals surface area contributed by atoms with Gasteiger partial charge in [-0.25, -0.2) is 4.39 Å². The molecule has 2 aromatic rings. The normalized spacial score (nSPS) is 13.2. The molecule has 4 heteroatoms. The van der Waals surface area contributed by atoms with Crippen LogP contribution in [0.4, 0.5) is 4.39 Å².